The third-order valence-corrected chi connectivity index (χ3v) is 13.4. The lowest BCUT2D eigenvalue weighted by molar-refractivity contribution is 0.453. The summed E-state index contributed by atoms with van der Waals surface area (Å²) in [5.74, 6) is 0.942. The summed E-state index contributed by atoms with van der Waals surface area (Å²) >= 11 is 2.02. The molecule has 0 spiro atoms. The third kappa shape index (κ3) is 6.95. The SMILES string of the molecule is C/C=C\Cc1ccccc1SC(C)C(C)N(c1ccc(-c2cccc(-c3ccccc3)c2)cc1)C1C=CC2=C(C3=C(C(C)CCC=C3)C2(C)C)C1C. The summed E-state index contributed by atoms with van der Waals surface area (Å²) in [5.41, 5.74) is 14.0. The van der Waals surface area contributed by atoms with Crippen LogP contribution >= 0.6 is 11.8 Å². The largest absolute Gasteiger partial charge is 0.361 e. The van der Waals surface area contributed by atoms with Gasteiger partial charge in [0.25, 0.3) is 0 Å². The van der Waals surface area contributed by atoms with Gasteiger partial charge in [0.1, 0.15) is 0 Å². The summed E-state index contributed by atoms with van der Waals surface area (Å²) in [6.07, 6.45) is 17.7. The van der Waals surface area contributed by atoms with Crippen molar-refractivity contribution in [3.63, 3.8) is 0 Å². The second-order valence-corrected chi connectivity index (χ2v) is 17.1. The van der Waals surface area contributed by atoms with Crippen LogP contribution in [0.5, 0.6) is 0 Å². The van der Waals surface area contributed by atoms with Crippen LogP contribution in [0.1, 0.15) is 66.9 Å². The van der Waals surface area contributed by atoms with Crippen molar-refractivity contribution in [2.75, 3.05) is 4.90 Å². The van der Waals surface area contributed by atoms with E-state index in [-0.39, 0.29) is 17.5 Å². The molecule has 0 N–H and O–H groups in total. The van der Waals surface area contributed by atoms with Gasteiger partial charge in [-0.25, -0.2) is 0 Å². The molecule has 0 fully saturated rings. The molecule has 0 amide bonds. The lowest BCUT2D eigenvalue weighted by Crippen LogP contribution is -2.49. The zero-order valence-corrected chi connectivity index (χ0v) is 33.0. The highest BCUT2D eigenvalue weighted by atomic mass is 32.2. The van der Waals surface area contributed by atoms with Gasteiger partial charge in [-0.15, -0.1) is 11.8 Å². The average molecular weight is 702 g/mol. The van der Waals surface area contributed by atoms with Crippen molar-refractivity contribution < 1.29 is 0 Å². The molecule has 0 saturated carbocycles. The molecule has 0 radical (unpaired) electrons. The first-order valence-electron chi connectivity index (χ1n) is 19.4. The highest BCUT2D eigenvalue weighted by Crippen LogP contribution is 2.56. The Morgan fingerprint density at radius 3 is 2.21 bits per heavy atom. The molecular weight excluding hydrogens is 647 g/mol. The monoisotopic (exact) mass is 701 g/mol. The molecule has 1 nitrogen and oxygen atoms in total. The van der Waals surface area contributed by atoms with E-state index in [0.29, 0.717) is 17.1 Å². The van der Waals surface area contributed by atoms with Crippen LogP contribution in [0, 0.1) is 17.3 Å². The fraction of sp³-hybridized carbons (Fsp3) is 0.320. The fourth-order valence-corrected chi connectivity index (χ4v) is 10.3. The Hall–Kier alpha value is -4.27. The quantitative estimate of drug-likeness (QED) is 0.120. The van der Waals surface area contributed by atoms with E-state index in [0.717, 1.165) is 12.8 Å². The average Bonchev–Trinajstić information content (AvgIpc) is 3.25. The number of rotatable bonds is 10. The maximum atomic E-state index is 2.75. The van der Waals surface area contributed by atoms with Crippen molar-refractivity contribution in [2.24, 2.45) is 17.3 Å². The van der Waals surface area contributed by atoms with Crippen LogP contribution in [0.3, 0.4) is 0 Å². The van der Waals surface area contributed by atoms with Crippen molar-refractivity contribution in [3.05, 3.63) is 167 Å². The number of allylic oxidation sites excluding steroid dienone is 8. The number of fused-ring (bicyclic) bond motifs is 1. The molecule has 4 aromatic rings. The number of benzene rings is 4. The molecule has 0 aliphatic heterocycles. The predicted molar refractivity (Wildman–Crippen MR) is 227 cm³/mol. The van der Waals surface area contributed by atoms with E-state index in [1.165, 1.54) is 56.0 Å². The standard InChI is InChI=1S/C50H55NS/c1-8-9-19-40-22-14-16-26-47(40)52-37(5)36(4)51(43-29-27-39(28-30-43)42-24-17-23-41(33-42)38-20-11-10-12-21-38)46-32-31-45-48(35(46)3)44-25-15-13-18-34(2)49(44)50(45,6)7/h8-12,14-17,20-37,46H,13,18-19H2,1-7H3/b9-8-. The summed E-state index contributed by atoms with van der Waals surface area (Å²) in [7, 11) is 0. The summed E-state index contributed by atoms with van der Waals surface area (Å²) in [4.78, 5) is 4.13. The molecule has 2 heteroatoms. The van der Waals surface area contributed by atoms with Crippen molar-refractivity contribution in [1.29, 1.82) is 0 Å². The molecule has 266 valence electrons. The molecule has 3 aliphatic carbocycles. The van der Waals surface area contributed by atoms with Crippen molar-refractivity contribution >= 4 is 17.4 Å². The Labute approximate surface area is 318 Å². The first kappa shape index (κ1) is 36.1. The molecule has 5 atom stereocenters. The first-order chi connectivity index (χ1) is 25.2. The van der Waals surface area contributed by atoms with Gasteiger partial charge in [-0.05, 0) is 113 Å². The number of anilines is 1. The Kier molecular flexibility index (Phi) is 10.7. The summed E-state index contributed by atoms with van der Waals surface area (Å²) < 4.78 is 0. The smallest absolute Gasteiger partial charge is 0.0545 e. The van der Waals surface area contributed by atoms with Gasteiger partial charge < -0.3 is 4.90 Å². The Morgan fingerprint density at radius 1 is 0.808 bits per heavy atom. The zero-order valence-electron chi connectivity index (χ0n) is 32.1. The van der Waals surface area contributed by atoms with E-state index in [2.05, 4.69) is 193 Å². The van der Waals surface area contributed by atoms with Gasteiger partial charge in [0.2, 0.25) is 0 Å². The van der Waals surface area contributed by atoms with E-state index >= 15 is 0 Å². The van der Waals surface area contributed by atoms with E-state index in [1.807, 2.05) is 11.8 Å². The van der Waals surface area contributed by atoms with Crippen molar-refractivity contribution in [2.45, 2.75) is 90.0 Å². The minimum Gasteiger partial charge on any atom is -0.361 e. The van der Waals surface area contributed by atoms with Crippen LogP contribution in [0.4, 0.5) is 5.69 Å². The highest BCUT2D eigenvalue weighted by molar-refractivity contribution is 8.00. The van der Waals surface area contributed by atoms with E-state index in [9.17, 15) is 0 Å². The lowest BCUT2D eigenvalue weighted by atomic mass is 9.72. The molecule has 3 aliphatic rings. The summed E-state index contributed by atoms with van der Waals surface area (Å²) in [6, 6.07) is 38.5. The molecule has 0 bridgehead atoms. The highest BCUT2D eigenvalue weighted by Gasteiger charge is 2.45. The number of hydrogen-bond donors (Lipinski definition) is 0. The Balaban J connectivity index is 1.25. The van der Waals surface area contributed by atoms with Crippen LogP contribution in [0.25, 0.3) is 22.3 Å². The van der Waals surface area contributed by atoms with Gasteiger partial charge in [-0.1, -0.05) is 150 Å². The van der Waals surface area contributed by atoms with E-state index in [4.69, 9.17) is 0 Å². The van der Waals surface area contributed by atoms with E-state index in [1.54, 1.807) is 11.1 Å². The van der Waals surface area contributed by atoms with Gasteiger partial charge in [0.05, 0.1) is 6.04 Å². The lowest BCUT2D eigenvalue weighted by Gasteiger charge is -2.44. The number of nitrogens with zero attached hydrogens (tertiary/aromatic N) is 1. The van der Waals surface area contributed by atoms with Crippen LogP contribution in [0.15, 0.2) is 167 Å². The maximum absolute atomic E-state index is 2.75. The van der Waals surface area contributed by atoms with Crippen LogP contribution in [-0.2, 0) is 6.42 Å². The summed E-state index contributed by atoms with van der Waals surface area (Å²) in [6.45, 7) is 16.9. The predicted octanol–water partition coefficient (Wildman–Crippen LogP) is 13.7. The van der Waals surface area contributed by atoms with Gasteiger partial charge in [-0.2, -0.15) is 0 Å². The topological polar surface area (TPSA) is 3.24 Å². The molecule has 5 unspecified atom stereocenters. The van der Waals surface area contributed by atoms with Gasteiger partial charge in [0.15, 0.2) is 0 Å². The Bertz CT molecular complexity index is 2040. The van der Waals surface area contributed by atoms with Gasteiger partial charge >= 0.3 is 0 Å². The zero-order chi connectivity index (χ0) is 36.4. The van der Waals surface area contributed by atoms with Gasteiger partial charge in [0, 0.05) is 33.2 Å². The molecule has 0 saturated heterocycles. The van der Waals surface area contributed by atoms with Crippen LogP contribution in [0.2, 0.25) is 0 Å². The number of hydrogen-bond acceptors (Lipinski definition) is 2. The van der Waals surface area contributed by atoms with E-state index < -0.39 is 0 Å². The summed E-state index contributed by atoms with van der Waals surface area (Å²) in [5, 5.41) is 0.359. The third-order valence-electron chi connectivity index (χ3n) is 12.0. The minimum absolute atomic E-state index is 0.0562. The minimum atomic E-state index is 0.0562. The second kappa shape index (κ2) is 15.4. The first-order valence-corrected chi connectivity index (χ1v) is 20.3. The van der Waals surface area contributed by atoms with Gasteiger partial charge in [-0.3, -0.25) is 0 Å². The molecule has 7 rings (SSSR count). The Morgan fingerprint density at radius 2 is 1.48 bits per heavy atom. The van der Waals surface area contributed by atoms with Crippen molar-refractivity contribution in [3.8, 4) is 22.3 Å². The molecule has 0 aromatic heterocycles. The number of thioether (sulfide) groups is 1. The molecule has 0 heterocycles. The normalized spacial score (nSPS) is 21.9. The van der Waals surface area contributed by atoms with Crippen molar-refractivity contribution in [1.82, 2.24) is 0 Å². The molecule has 4 aromatic carbocycles. The second-order valence-electron chi connectivity index (χ2n) is 15.6. The molecule has 52 heavy (non-hydrogen) atoms. The maximum Gasteiger partial charge on any atom is 0.0545 e. The van der Waals surface area contributed by atoms with Crippen LogP contribution < -0.4 is 4.90 Å². The molecular formula is C50H55NS. The fourth-order valence-electron chi connectivity index (χ4n) is 9.09. The van der Waals surface area contributed by atoms with Crippen LogP contribution in [-0.4, -0.2) is 17.3 Å².